The molecule has 0 amide bonds. The summed E-state index contributed by atoms with van der Waals surface area (Å²) in [4.78, 5) is 8.95. The molecule has 150 valence electrons. The van der Waals surface area contributed by atoms with E-state index in [2.05, 4.69) is 40.6 Å². The summed E-state index contributed by atoms with van der Waals surface area (Å²) in [5.74, 6) is 1.63. The molecule has 1 aromatic heterocycles. The van der Waals surface area contributed by atoms with Crippen molar-refractivity contribution in [2.75, 3.05) is 29.6 Å². The first-order valence-corrected chi connectivity index (χ1v) is 10.9. The maximum absolute atomic E-state index is 10.3. The van der Waals surface area contributed by atoms with E-state index in [4.69, 9.17) is 5.73 Å². The van der Waals surface area contributed by atoms with Crippen molar-refractivity contribution in [2.45, 2.75) is 52.6 Å². The number of nitrogens with two attached hydrogens (primary N) is 1. The van der Waals surface area contributed by atoms with Gasteiger partial charge >= 0.3 is 0 Å². The van der Waals surface area contributed by atoms with Crippen LogP contribution in [-0.4, -0.2) is 40.5 Å². The molecule has 27 heavy (non-hydrogen) atoms. The number of aliphatic imine (C=N–C) groups is 1. The summed E-state index contributed by atoms with van der Waals surface area (Å²) in [5, 5.41) is 15.5. The molecule has 1 aromatic rings. The first-order valence-electron chi connectivity index (χ1n) is 9.54. The number of anilines is 2. The molecule has 0 bridgehead atoms. The molecule has 6 heteroatoms. The molecule has 0 aliphatic heterocycles. The van der Waals surface area contributed by atoms with E-state index in [-0.39, 0.29) is 0 Å². The number of thioether (sulfide) groups is 1. The summed E-state index contributed by atoms with van der Waals surface area (Å²) in [5.41, 5.74) is 6.82. The number of nitrogen functional groups attached to an aromatic ring is 1. The largest absolute Gasteiger partial charge is 0.388 e. The fraction of sp³-hybridized carbons (Fsp3) is 0.524. The Hall–Kier alpha value is -1.79. The molecule has 1 unspecified atom stereocenters. The molecule has 4 N–H and O–H groups in total. The maximum Gasteiger partial charge on any atom is 0.152 e. The standard InChI is InChI=1S/C18H26N4O.C3H8S/c1-4-11-20-16-15(21-12-18(3,23)5-2)13-9-7-6-8-10-14(13)22-17(16)19;1-3-4-2/h6,8-11,21,23H,4-5,7,12H2,1-3H3,(H2,19,22);3H2,1-2H3. The normalized spacial score (nSPS) is 14.9. The van der Waals surface area contributed by atoms with E-state index in [1.54, 1.807) is 0 Å². The predicted octanol–water partition coefficient (Wildman–Crippen LogP) is 3.24. The third-order valence-electron chi connectivity index (χ3n) is 4.21. The number of hydrogen-bond donors (Lipinski definition) is 3. The van der Waals surface area contributed by atoms with Gasteiger partial charge in [0, 0.05) is 18.0 Å². The van der Waals surface area contributed by atoms with Crippen LogP contribution < -0.4 is 21.6 Å². The van der Waals surface area contributed by atoms with Gasteiger partial charge in [0.2, 0.25) is 0 Å². The monoisotopic (exact) mass is 390 g/mol. The Labute approximate surface area is 167 Å². The van der Waals surface area contributed by atoms with Crippen molar-refractivity contribution < 1.29 is 5.11 Å². The minimum absolute atomic E-state index is 0.395. The molecule has 1 aliphatic rings. The van der Waals surface area contributed by atoms with Crippen molar-refractivity contribution in [1.82, 2.24) is 4.98 Å². The molecule has 0 aromatic carbocycles. The number of allylic oxidation sites excluding steroid dienone is 2. The minimum Gasteiger partial charge on any atom is -0.388 e. The van der Waals surface area contributed by atoms with Crippen LogP contribution in [0.3, 0.4) is 0 Å². The van der Waals surface area contributed by atoms with E-state index in [1.807, 2.05) is 50.9 Å². The predicted molar refractivity (Wildman–Crippen MR) is 122 cm³/mol. The summed E-state index contributed by atoms with van der Waals surface area (Å²) in [7, 11) is 0. The number of aromatic nitrogens is 1. The number of hydrogen-bond acceptors (Lipinski definition) is 6. The zero-order chi connectivity index (χ0) is 20.3. The summed E-state index contributed by atoms with van der Waals surface area (Å²) >= 11 is 1.86. The summed E-state index contributed by atoms with van der Waals surface area (Å²) in [6.45, 7) is 8.37. The van der Waals surface area contributed by atoms with E-state index in [1.165, 1.54) is 5.75 Å². The highest BCUT2D eigenvalue weighted by molar-refractivity contribution is 7.98. The van der Waals surface area contributed by atoms with E-state index in [0.29, 0.717) is 24.5 Å². The molecular weight excluding hydrogens is 356 g/mol. The lowest BCUT2D eigenvalue weighted by molar-refractivity contribution is 0.0697. The number of fused-ring (bicyclic) bond motifs is 1. The van der Waals surface area contributed by atoms with Crippen molar-refractivity contribution in [3.63, 3.8) is 0 Å². The molecule has 0 radical (unpaired) electrons. The van der Waals surface area contributed by atoms with Crippen LogP contribution in [0.5, 0.6) is 0 Å². The van der Waals surface area contributed by atoms with Gasteiger partial charge in [0.1, 0.15) is 5.69 Å². The van der Waals surface area contributed by atoms with Gasteiger partial charge in [-0.3, -0.25) is 4.99 Å². The van der Waals surface area contributed by atoms with E-state index >= 15 is 0 Å². The lowest BCUT2D eigenvalue weighted by Gasteiger charge is -2.23. The van der Waals surface area contributed by atoms with Gasteiger partial charge in [-0.1, -0.05) is 39.0 Å². The Morgan fingerprint density at radius 2 is 2.11 bits per heavy atom. The van der Waals surface area contributed by atoms with Crippen molar-refractivity contribution in [3.05, 3.63) is 22.7 Å². The van der Waals surface area contributed by atoms with Gasteiger partial charge in [-0.05, 0) is 44.3 Å². The van der Waals surface area contributed by atoms with Crippen molar-refractivity contribution in [3.8, 4) is 0 Å². The molecule has 1 heterocycles. The van der Waals surface area contributed by atoms with Gasteiger partial charge in [0.25, 0.3) is 0 Å². The highest BCUT2D eigenvalue weighted by Gasteiger charge is 2.19. The van der Waals surface area contributed by atoms with Crippen molar-refractivity contribution >= 4 is 47.3 Å². The second-order valence-electron chi connectivity index (χ2n) is 6.56. The van der Waals surface area contributed by atoms with Crippen LogP contribution in [0.2, 0.25) is 0 Å². The van der Waals surface area contributed by atoms with Gasteiger partial charge in [-0.25, -0.2) is 4.98 Å². The van der Waals surface area contributed by atoms with Gasteiger partial charge in [-0.15, -0.1) is 0 Å². The Morgan fingerprint density at radius 3 is 2.70 bits per heavy atom. The molecule has 2 rings (SSSR count). The van der Waals surface area contributed by atoms with Crippen molar-refractivity contribution in [1.29, 1.82) is 0 Å². The Bertz CT molecular complexity index is 767. The quantitative estimate of drug-likeness (QED) is 0.623. The first kappa shape index (κ1) is 23.2. The third-order valence-corrected chi connectivity index (χ3v) is 4.79. The SMILES string of the molecule is CCC=Nc1c(N)nc2c(c1NCC(C)(O)CC)=CCC=CC=2.CCSC. The highest BCUT2D eigenvalue weighted by atomic mass is 32.2. The third kappa shape index (κ3) is 7.39. The summed E-state index contributed by atoms with van der Waals surface area (Å²) in [6.07, 6.45) is 14.3. The highest BCUT2D eigenvalue weighted by Crippen LogP contribution is 2.26. The van der Waals surface area contributed by atoms with Crippen LogP contribution in [0, 0.1) is 0 Å². The second kappa shape index (κ2) is 11.8. The van der Waals surface area contributed by atoms with Crippen LogP contribution in [-0.2, 0) is 0 Å². The Morgan fingerprint density at radius 1 is 1.41 bits per heavy atom. The fourth-order valence-corrected chi connectivity index (χ4v) is 2.28. The van der Waals surface area contributed by atoms with Crippen LogP contribution in [0.1, 0.15) is 47.0 Å². The average molecular weight is 391 g/mol. The number of nitrogens with zero attached hydrogens (tertiary/aromatic N) is 2. The number of aliphatic hydroxyl groups is 1. The fourth-order valence-electron chi connectivity index (χ4n) is 2.28. The smallest absolute Gasteiger partial charge is 0.152 e. The first-order chi connectivity index (χ1) is 12.9. The summed E-state index contributed by atoms with van der Waals surface area (Å²) in [6, 6.07) is 0. The van der Waals surface area contributed by atoms with Crippen LogP contribution in [0.25, 0.3) is 12.2 Å². The number of rotatable bonds is 7. The maximum atomic E-state index is 10.3. The minimum atomic E-state index is -0.788. The zero-order valence-corrected chi connectivity index (χ0v) is 18.1. The van der Waals surface area contributed by atoms with E-state index in [9.17, 15) is 5.11 Å². The molecule has 1 aliphatic carbocycles. The van der Waals surface area contributed by atoms with E-state index < -0.39 is 5.60 Å². The lowest BCUT2D eigenvalue weighted by Crippen LogP contribution is -2.37. The molecule has 0 saturated carbocycles. The van der Waals surface area contributed by atoms with Gasteiger partial charge in [-0.2, -0.15) is 11.8 Å². The molecule has 5 nitrogen and oxygen atoms in total. The Kier molecular flexibility index (Phi) is 10.2. The van der Waals surface area contributed by atoms with Crippen LogP contribution in [0.15, 0.2) is 17.1 Å². The number of nitrogens with one attached hydrogen (secondary N) is 1. The topological polar surface area (TPSA) is 83.5 Å². The van der Waals surface area contributed by atoms with E-state index in [0.717, 1.165) is 29.1 Å². The Balaban J connectivity index is 0.000000828. The molecular formula is C21H34N4OS. The van der Waals surface area contributed by atoms with Crippen LogP contribution in [0.4, 0.5) is 17.2 Å². The second-order valence-corrected chi connectivity index (χ2v) is 7.71. The average Bonchev–Trinajstić information content (AvgIpc) is 2.90. The number of pyridine rings is 1. The van der Waals surface area contributed by atoms with Gasteiger partial charge in [0.15, 0.2) is 5.82 Å². The molecule has 1 atom stereocenters. The zero-order valence-electron chi connectivity index (χ0n) is 17.2. The van der Waals surface area contributed by atoms with Gasteiger partial charge < -0.3 is 16.2 Å². The summed E-state index contributed by atoms with van der Waals surface area (Å²) < 4.78 is 0. The lowest BCUT2D eigenvalue weighted by atomic mass is 10.0. The molecule has 0 fully saturated rings. The van der Waals surface area contributed by atoms with Gasteiger partial charge in [0.05, 0.1) is 16.6 Å². The van der Waals surface area contributed by atoms with Crippen molar-refractivity contribution in [2.24, 2.45) is 4.99 Å². The van der Waals surface area contributed by atoms with Crippen LogP contribution >= 0.6 is 11.8 Å². The molecule has 0 saturated heterocycles. The molecule has 0 spiro atoms.